The maximum atomic E-state index is 13.0. The van der Waals surface area contributed by atoms with Gasteiger partial charge in [0.2, 0.25) is 0 Å². The first-order chi connectivity index (χ1) is 20.9. The van der Waals surface area contributed by atoms with E-state index in [1.54, 1.807) is 42.5 Å². The first kappa shape index (κ1) is 30.2. The highest BCUT2D eigenvalue weighted by Gasteiger charge is 2.41. The van der Waals surface area contributed by atoms with Crippen molar-refractivity contribution in [1.82, 2.24) is 9.80 Å². The van der Waals surface area contributed by atoms with Gasteiger partial charge in [-0.25, -0.2) is 8.42 Å². The third-order valence-corrected chi connectivity index (χ3v) is 10.6. The Balaban J connectivity index is 1.24. The van der Waals surface area contributed by atoms with E-state index in [-0.39, 0.29) is 29.6 Å². The second-order valence-corrected chi connectivity index (χ2v) is 13.8. The lowest BCUT2D eigenvalue weighted by Crippen LogP contribution is -2.48. The van der Waals surface area contributed by atoms with Crippen molar-refractivity contribution in [3.8, 4) is 0 Å². The van der Waals surface area contributed by atoms with Crippen molar-refractivity contribution in [2.45, 2.75) is 68.6 Å². The van der Waals surface area contributed by atoms with E-state index in [9.17, 15) is 13.5 Å². The van der Waals surface area contributed by atoms with Crippen molar-refractivity contribution in [1.29, 1.82) is 0 Å². The molecular formula is C34H43N3O5S. The molecule has 8 nitrogen and oxygen atoms in total. The Hall–Kier alpha value is -2.79. The van der Waals surface area contributed by atoms with Crippen LogP contribution in [0.2, 0.25) is 0 Å². The van der Waals surface area contributed by atoms with Gasteiger partial charge in [-0.05, 0) is 80.7 Å². The van der Waals surface area contributed by atoms with Crippen LogP contribution < -0.4 is 4.72 Å². The molecule has 5 unspecified atom stereocenters. The summed E-state index contributed by atoms with van der Waals surface area (Å²) in [6.45, 7) is 7.61. The fourth-order valence-corrected chi connectivity index (χ4v) is 7.80. The fraction of sp³-hybridized carbons (Fsp3) is 0.471. The smallest absolute Gasteiger partial charge is 0.261 e. The third kappa shape index (κ3) is 7.14. The number of anilines is 1. The van der Waals surface area contributed by atoms with Gasteiger partial charge in [-0.1, -0.05) is 61.5 Å². The fourth-order valence-electron chi connectivity index (χ4n) is 6.73. The molecule has 3 aliphatic heterocycles. The monoisotopic (exact) mass is 605 g/mol. The average molecular weight is 606 g/mol. The zero-order valence-electron chi connectivity index (χ0n) is 24.8. The number of nitrogens with one attached hydrogen (secondary N) is 1. The van der Waals surface area contributed by atoms with E-state index in [2.05, 4.69) is 21.4 Å². The molecule has 0 aliphatic carbocycles. The minimum atomic E-state index is -3.74. The summed E-state index contributed by atoms with van der Waals surface area (Å²) in [7, 11) is -3.74. The highest BCUT2D eigenvalue weighted by Crippen LogP contribution is 2.42. The summed E-state index contributed by atoms with van der Waals surface area (Å²) < 4.78 is 42.1. The Kier molecular flexibility index (Phi) is 9.47. The van der Waals surface area contributed by atoms with Crippen LogP contribution in [0.5, 0.6) is 0 Å². The lowest BCUT2D eigenvalue weighted by Gasteiger charge is -2.43. The van der Waals surface area contributed by atoms with Gasteiger partial charge in [-0.15, -0.1) is 0 Å². The topological polar surface area (TPSA) is 91.3 Å². The lowest BCUT2D eigenvalue weighted by molar-refractivity contribution is -0.276. The molecule has 3 saturated heterocycles. The normalized spacial score (nSPS) is 27.0. The Morgan fingerprint density at radius 2 is 1.63 bits per heavy atom. The van der Waals surface area contributed by atoms with Gasteiger partial charge in [0.25, 0.3) is 10.0 Å². The summed E-state index contributed by atoms with van der Waals surface area (Å²) in [6, 6.07) is 24.1. The van der Waals surface area contributed by atoms with Crippen molar-refractivity contribution in [2.75, 3.05) is 37.4 Å². The number of hydrogen-bond acceptors (Lipinski definition) is 7. The van der Waals surface area contributed by atoms with Crippen LogP contribution in [-0.2, 0) is 26.1 Å². The van der Waals surface area contributed by atoms with Gasteiger partial charge in [-0.2, -0.15) is 0 Å². The Morgan fingerprint density at radius 3 is 2.37 bits per heavy atom. The summed E-state index contributed by atoms with van der Waals surface area (Å²) in [6.07, 6.45) is 4.05. The average Bonchev–Trinajstić information content (AvgIpc) is 3.71. The first-order valence-electron chi connectivity index (χ1n) is 15.5. The summed E-state index contributed by atoms with van der Waals surface area (Å²) >= 11 is 0. The van der Waals surface area contributed by atoms with E-state index in [0.29, 0.717) is 11.7 Å². The third-order valence-electron chi connectivity index (χ3n) is 9.17. The molecule has 6 rings (SSSR count). The molecule has 0 bridgehead atoms. The molecular weight excluding hydrogens is 562 g/mol. The number of sulfonamides is 1. The lowest BCUT2D eigenvalue weighted by atomic mass is 9.90. The van der Waals surface area contributed by atoms with E-state index in [0.717, 1.165) is 36.3 Å². The summed E-state index contributed by atoms with van der Waals surface area (Å²) in [5.74, 6) is 0.0871. The SMILES string of the molecule is CC1C(CN2CCCC2CN2CCCC2)OC(c2cccc(NS(=O)(=O)c3ccccc3)c2)OC1c1ccc(CO)cc1. The zero-order chi connectivity index (χ0) is 29.8. The number of benzene rings is 3. The molecule has 0 radical (unpaired) electrons. The van der Waals surface area contributed by atoms with Crippen molar-refractivity contribution < 1.29 is 23.0 Å². The number of ether oxygens (including phenoxy) is 2. The second kappa shape index (κ2) is 13.5. The predicted molar refractivity (Wildman–Crippen MR) is 167 cm³/mol. The quantitative estimate of drug-likeness (QED) is 0.323. The number of likely N-dealkylation sites (tertiary alicyclic amines) is 2. The van der Waals surface area contributed by atoms with Crippen molar-refractivity contribution in [2.24, 2.45) is 5.92 Å². The zero-order valence-corrected chi connectivity index (χ0v) is 25.7. The van der Waals surface area contributed by atoms with Gasteiger partial charge in [0, 0.05) is 36.3 Å². The molecule has 0 saturated carbocycles. The van der Waals surface area contributed by atoms with E-state index >= 15 is 0 Å². The van der Waals surface area contributed by atoms with Gasteiger partial charge < -0.3 is 19.5 Å². The molecule has 0 spiro atoms. The molecule has 3 heterocycles. The van der Waals surface area contributed by atoms with Crippen LogP contribution in [0.25, 0.3) is 0 Å². The van der Waals surface area contributed by atoms with Crippen LogP contribution in [-0.4, -0.2) is 68.2 Å². The predicted octanol–water partition coefficient (Wildman–Crippen LogP) is 5.33. The Labute approximate surface area is 255 Å². The maximum absolute atomic E-state index is 13.0. The minimum Gasteiger partial charge on any atom is -0.392 e. The number of aliphatic hydroxyl groups is 1. The largest absolute Gasteiger partial charge is 0.392 e. The van der Waals surface area contributed by atoms with Gasteiger partial charge >= 0.3 is 0 Å². The maximum Gasteiger partial charge on any atom is 0.261 e. The standard InChI is InChI=1S/C34H43N3O5S/c1-25-32(23-37-20-8-11-30(37)22-36-18-5-6-19-36)41-34(42-33(25)27-16-14-26(24-38)15-17-27)28-9-7-10-29(21-28)35-43(39,40)31-12-3-2-4-13-31/h2-4,7,9-10,12-17,21,25,30,32-35,38H,5-6,8,11,18-20,22-24H2,1H3. The number of hydrogen-bond donors (Lipinski definition) is 2. The molecule has 43 heavy (non-hydrogen) atoms. The number of rotatable bonds is 10. The number of nitrogens with zero attached hydrogens (tertiary/aromatic N) is 2. The van der Waals surface area contributed by atoms with Gasteiger partial charge in [0.15, 0.2) is 6.29 Å². The van der Waals surface area contributed by atoms with Crippen LogP contribution in [0.3, 0.4) is 0 Å². The minimum absolute atomic E-state index is 0.00519. The van der Waals surface area contributed by atoms with Crippen molar-refractivity contribution in [3.05, 3.63) is 95.6 Å². The van der Waals surface area contributed by atoms with E-state index in [1.807, 2.05) is 36.4 Å². The molecule has 0 amide bonds. The molecule has 2 N–H and O–H groups in total. The molecule has 3 fully saturated rings. The molecule has 5 atom stereocenters. The number of aliphatic hydroxyl groups excluding tert-OH is 1. The Bertz CT molecular complexity index is 1450. The second-order valence-electron chi connectivity index (χ2n) is 12.2. The van der Waals surface area contributed by atoms with E-state index in [1.165, 1.54) is 38.8 Å². The van der Waals surface area contributed by atoms with E-state index < -0.39 is 16.3 Å². The highest BCUT2D eigenvalue weighted by atomic mass is 32.2. The summed E-state index contributed by atoms with van der Waals surface area (Å²) in [5, 5.41) is 9.58. The van der Waals surface area contributed by atoms with Crippen LogP contribution >= 0.6 is 0 Å². The van der Waals surface area contributed by atoms with Gasteiger partial charge in [0.1, 0.15) is 0 Å². The van der Waals surface area contributed by atoms with E-state index in [4.69, 9.17) is 9.47 Å². The Morgan fingerprint density at radius 1 is 0.860 bits per heavy atom. The van der Waals surface area contributed by atoms with Gasteiger partial charge in [0.05, 0.1) is 23.7 Å². The van der Waals surface area contributed by atoms with Crippen LogP contribution in [0.4, 0.5) is 5.69 Å². The van der Waals surface area contributed by atoms with Gasteiger partial charge in [-0.3, -0.25) is 9.62 Å². The molecule has 230 valence electrons. The molecule has 3 aromatic carbocycles. The van der Waals surface area contributed by atoms with Crippen LogP contribution in [0.1, 0.15) is 61.7 Å². The first-order valence-corrected chi connectivity index (χ1v) is 17.0. The van der Waals surface area contributed by atoms with Crippen LogP contribution in [0, 0.1) is 5.92 Å². The molecule has 9 heteroatoms. The van der Waals surface area contributed by atoms with Crippen molar-refractivity contribution in [3.63, 3.8) is 0 Å². The summed E-state index contributed by atoms with van der Waals surface area (Å²) in [4.78, 5) is 5.42. The molecule has 3 aromatic rings. The molecule has 0 aromatic heterocycles. The highest BCUT2D eigenvalue weighted by molar-refractivity contribution is 7.92. The van der Waals surface area contributed by atoms with Crippen molar-refractivity contribution >= 4 is 15.7 Å². The molecule has 3 aliphatic rings. The summed E-state index contributed by atoms with van der Waals surface area (Å²) in [5.41, 5.74) is 3.12. The van der Waals surface area contributed by atoms with Crippen LogP contribution in [0.15, 0.2) is 83.8 Å².